The van der Waals surface area contributed by atoms with E-state index >= 15 is 0 Å². The van der Waals surface area contributed by atoms with Crippen LogP contribution in [-0.2, 0) is 30.5 Å². The van der Waals surface area contributed by atoms with Gasteiger partial charge >= 0.3 is 0 Å². The molecule has 4 heterocycles. The number of fused-ring (bicyclic) bond motifs is 2. The van der Waals surface area contributed by atoms with E-state index in [2.05, 4.69) is 30.1 Å². The molecule has 0 aliphatic carbocycles. The molecule has 8 rings (SSSR count). The fourth-order valence-electron chi connectivity index (χ4n) is 7.54. The summed E-state index contributed by atoms with van der Waals surface area (Å²) < 4.78 is 43.2. The predicted molar refractivity (Wildman–Crippen MR) is 184 cm³/mol. The Morgan fingerprint density at radius 2 is 1.37 bits per heavy atom. The summed E-state index contributed by atoms with van der Waals surface area (Å²) in [6.07, 6.45) is 3.51. The predicted octanol–water partition coefficient (Wildman–Crippen LogP) is 6.70. The molecule has 0 saturated heterocycles. The van der Waals surface area contributed by atoms with Crippen molar-refractivity contribution < 1.29 is 38.0 Å². The second kappa shape index (κ2) is 13.4. The molecule has 8 bridgehead atoms. The third kappa shape index (κ3) is 5.73. The van der Waals surface area contributed by atoms with Crippen molar-refractivity contribution >= 4 is 6.41 Å². The van der Waals surface area contributed by atoms with E-state index in [9.17, 15) is 4.79 Å². The third-order valence-corrected chi connectivity index (χ3v) is 10.1. The van der Waals surface area contributed by atoms with Crippen molar-refractivity contribution in [2.24, 2.45) is 0 Å². The Hall–Kier alpha value is -5.09. The molecule has 256 valence electrons. The minimum absolute atomic E-state index is 0.0350. The number of hydrogen-bond acceptors (Lipinski definition) is 9. The summed E-state index contributed by atoms with van der Waals surface area (Å²) >= 11 is 0. The van der Waals surface area contributed by atoms with Crippen LogP contribution in [0, 0.1) is 0 Å². The quantitative estimate of drug-likeness (QED) is 0.209. The summed E-state index contributed by atoms with van der Waals surface area (Å²) in [6, 6.07) is 17.8. The molecule has 0 spiro atoms. The molecular weight excluding hydrogens is 624 g/mol. The van der Waals surface area contributed by atoms with Gasteiger partial charge in [-0.1, -0.05) is 18.2 Å². The highest BCUT2D eigenvalue weighted by Crippen LogP contribution is 2.54. The zero-order valence-corrected chi connectivity index (χ0v) is 28.8. The molecule has 0 unspecified atom stereocenters. The van der Waals surface area contributed by atoms with E-state index in [4.69, 9.17) is 33.2 Å². The summed E-state index contributed by atoms with van der Waals surface area (Å²) in [4.78, 5) is 16.9. The average Bonchev–Trinajstić information content (AvgIpc) is 3.12. The third-order valence-electron chi connectivity index (χ3n) is 10.1. The number of likely N-dealkylation sites (N-methyl/N-ethyl adjacent to an activating group) is 1. The fourth-order valence-corrected chi connectivity index (χ4v) is 7.54. The van der Waals surface area contributed by atoms with Gasteiger partial charge in [-0.25, -0.2) is 0 Å². The molecule has 4 aromatic rings. The molecule has 10 heteroatoms. The lowest BCUT2D eigenvalue weighted by molar-refractivity contribution is -0.120. The lowest BCUT2D eigenvalue weighted by Crippen LogP contribution is -2.36. The lowest BCUT2D eigenvalue weighted by atomic mass is 9.86. The van der Waals surface area contributed by atoms with Gasteiger partial charge in [-0.15, -0.1) is 0 Å². The van der Waals surface area contributed by atoms with Crippen LogP contribution in [0.4, 0.5) is 0 Å². The standard InChI is InChI=1S/C39H42N2O8/c1-40-15-14-27-28-21-34(45-4)37(46-5)36(27)49-39-35-25(20-33(44-3)38(39)47-6)13-16-41(22-42)30(35)18-24-9-12-31(43-2)32(19-24)48-26-10-7-23(8-11-26)17-29(28)40/h7-12,19-22,29-30H,13-18H2,1-6H3/t29-,30-/m0/s1. The van der Waals surface area contributed by atoms with Crippen molar-refractivity contribution in [2.45, 2.75) is 37.8 Å². The highest BCUT2D eigenvalue weighted by Gasteiger charge is 2.37. The number of carbonyl (C=O) groups is 1. The maximum Gasteiger partial charge on any atom is 0.210 e. The minimum atomic E-state index is -0.387. The molecule has 49 heavy (non-hydrogen) atoms. The first-order valence-electron chi connectivity index (χ1n) is 16.5. The molecule has 4 aromatic carbocycles. The van der Waals surface area contributed by atoms with Crippen molar-refractivity contribution in [1.82, 2.24) is 9.80 Å². The average molecular weight is 667 g/mol. The number of rotatable bonds is 6. The smallest absolute Gasteiger partial charge is 0.210 e. The van der Waals surface area contributed by atoms with E-state index < -0.39 is 0 Å². The number of amides is 1. The highest BCUT2D eigenvalue weighted by atomic mass is 16.6. The minimum Gasteiger partial charge on any atom is -0.493 e. The molecule has 0 N–H and O–H groups in total. The van der Waals surface area contributed by atoms with Gasteiger partial charge in [0, 0.05) is 30.3 Å². The van der Waals surface area contributed by atoms with E-state index in [1.54, 1.807) is 35.5 Å². The zero-order chi connectivity index (χ0) is 34.2. The van der Waals surface area contributed by atoms with Crippen LogP contribution in [-0.4, -0.2) is 71.9 Å². The lowest BCUT2D eigenvalue weighted by Gasteiger charge is -2.38. The normalized spacial score (nSPS) is 18.2. The van der Waals surface area contributed by atoms with Crippen LogP contribution in [0.3, 0.4) is 0 Å². The van der Waals surface area contributed by atoms with Gasteiger partial charge in [0.15, 0.2) is 34.5 Å². The Kier molecular flexibility index (Phi) is 8.90. The second-order valence-corrected chi connectivity index (χ2v) is 12.6. The first-order valence-corrected chi connectivity index (χ1v) is 16.5. The van der Waals surface area contributed by atoms with E-state index in [-0.39, 0.29) is 12.1 Å². The van der Waals surface area contributed by atoms with Gasteiger partial charge in [0.25, 0.3) is 0 Å². The molecule has 2 atom stereocenters. The Balaban J connectivity index is 1.52. The van der Waals surface area contributed by atoms with Crippen LogP contribution < -0.4 is 33.2 Å². The van der Waals surface area contributed by atoms with Gasteiger partial charge in [-0.2, -0.15) is 0 Å². The summed E-state index contributed by atoms with van der Waals surface area (Å²) in [5, 5.41) is 0. The van der Waals surface area contributed by atoms with Crippen LogP contribution in [0.2, 0.25) is 0 Å². The summed E-state index contributed by atoms with van der Waals surface area (Å²) in [5.41, 5.74) is 6.14. The van der Waals surface area contributed by atoms with Crippen molar-refractivity contribution in [2.75, 3.05) is 55.7 Å². The molecule has 4 aliphatic rings. The zero-order valence-electron chi connectivity index (χ0n) is 28.8. The van der Waals surface area contributed by atoms with Crippen LogP contribution in [0.1, 0.15) is 45.5 Å². The molecule has 1 amide bonds. The van der Waals surface area contributed by atoms with Crippen molar-refractivity contribution in [3.8, 4) is 51.7 Å². The Labute approximate surface area is 287 Å². The van der Waals surface area contributed by atoms with Gasteiger partial charge in [0.05, 0.1) is 41.6 Å². The van der Waals surface area contributed by atoms with Crippen LogP contribution in [0.15, 0.2) is 54.6 Å². The monoisotopic (exact) mass is 666 g/mol. The Morgan fingerprint density at radius 1 is 0.694 bits per heavy atom. The van der Waals surface area contributed by atoms with Crippen LogP contribution in [0.25, 0.3) is 0 Å². The van der Waals surface area contributed by atoms with Gasteiger partial charge in [0.2, 0.25) is 17.9 Å². The first-order chi connectivity index (χ1) is 23.9. The fraction of sp³-hybridized carbons (Fsp3) is 0.359. The molecule has 10 nitrogen and oxygen atoms in total. The molecule has 0 radical (unpaired) electrons. The van der Waals surface area contributed by atoms with Crippen LogP contribution in [0.5, 0.6) is 51.7 Å². The van der Waals surface area contributed by atoms with Crippen molar-refractivity contribution in [3.63, 3.8) is 0 Å². The summed E-state index contributed by atoms with van der Waals surface area (Å²) in [6.45, 7) is 1.35. The number of carbonyl (C=O) groups excluding carboxylic acids is 1. The van der Waals surface area contributed by atoms with E-state index in [1.165, 1.54) is 0 Å². The maximum atomic E-state index is 12.7. The highest BCUT2D eigenvalue weighted by molar-refractivity contribution is 5.68. The number of nitrogens with zero attached hydrogens (tertiary/aromatic N) is 2. The summed E-state index contributed by atoms with van der Waals surface area (Å²) in [7, 11) is 10.3. The van der Waals surface area contributed by atoms with Crippen molar-refractivity contribution in [3.05, 3.63) is 88.0 Å². The number of hydrogen-bond donors (Lipinski definition) is 0. The number of methoxy groups -OCH3 is 5. The first kappa shape index (κ1) is 32.5. The number of benzene rings is 4. The number of ether oxygens (including phenoxy) is 7. The maximum absolute atomic E-state index is 12.7. The van der Waals surface area contributed by atoms with Gasteiger partial charge in [0.1, 0.15) is 5.75 Å². The van der Waals surface area contributed by atoms with E-state index in [1.807, 2.05) is 41.3 Å². The molecular formula is C39H42N2O8. The van der Waals surface area contributed by atoms with E-state index in [0.29, 0.717) is 71.1 Å². The summed E-state index contributed by atoms with van der Waals surface area (Å²) in [5.74, 6) is 5.03. The molecule has 0 aromatic heterocycles. The molecule has 0 fully saturated rings. The van der Waals surface area contributed by atoms with Crippen LogP contribution >= 0.6 is 0 Å². The SMILES string of the molecule is COc1ccc2cc1Oc1ccc(cc1)C[C@H]1c3cc(OC)c(OC)c(c3CCN1C)Oc1c(OC)c(OC)cc3c1[C@H](C2)N(C=O)CC3. The topological polar surface area (TPSA) is 88.2 Å². The molecule has 0 saturated carbocycles. The van der Waals surface area contributed by atoms with Gasteiger partial charge in [-0.05, 0) is 91.4 Å². The van der Waals surface area contributed by atoms with Gasteiger partial charge < -0.3 is 38.1 Å². The van der Waals surface area contributed by atoms with Crippen molar-refractivity contribution in [1.29, 1.82) is 0 Å². The Bertz CT molecular complexity index is 1870. The van der Waals surface area contributed by atoms with E-state index in [0.717, 1.165) is 59.2 Å². The molecule has 4 aliphatic heterocycles. The van der Waals surface area contributed by atoms with Gasteiger partial charge in [-0.3, -0.25) is 9.69 Å². The second-order valence-electron chi connectivity index (χ2n) is 12.6. The Morgan fingerprint density at radius 3 is 2.06 bits per heavy atom. The largest absolute Gasteiger partial charge is 0.493 e.